The summed E-state index contributed by atoms with van der Waals surface area (Å²) in [6.45, 7) is 0. The SMILES string of the molecule is NC(=S)C(C(=O)Nc1cccc(I)c1)c1ccccc1. The van der Waals surface area contributed by atoms with Crippen molar-refractivity contribution in [3.63, 3.8) is 0 Å². The van der Waals surface area contributed by atoms with E-state index >= 15 is 0 Å². The Balaban J connectivity index is 2.23. The number of carbonyl (C=O) groups is 1. The number of nitrogens with two attached hydrogens (primary N) is 1. The normalized spacial score (nSPS) is 11.7. The first kappa shape index (κ1) is 14.9. The predicted octanol–water partition coefficient (Wildman–Crippen LogP) is 3.30. The lowest BCUT2D eigenvalue weighted by Crippen LogP contribution is -2.31. The van der Waals surface area contributed by atoms with Crippen molar-refractivity contribution in [1.29, 1.82) is 0 Å². The molecule has 102 valence electrons. The van der Waals surface area contributed by atoms with Crippen molar-refractivity contribution < 1.29 is 4.79 Å². The summed E-state index contributed by atoms with van der Waals surface area (Å²) in [5.74, 6) is -0.838. The molecule has 0 fully saturated rings. The number of anilines is 1. The molecular weight excluding hydrogens is 383 g/mol. The summed E-state index contributed by atoms with van der Waals surface area (Å²) in [4.78, 5) is 12.6. The van der Waals surface area contributed by atoms with E-state index in [1.165, 1.54) is 0 Å². The maximum Gasteiger partial charge on any atom is 0.238 e. The van der Waals surface area contributed by atoms with E-state index in [0.717, 1.165) is 14.8 Å². The largest absolute Gasteiger partial charge is 0.392 e. The van der Waals surface area contributed by atoms with Crippen molar-refractivity contribution in [2.24, 2.45) is 5.73 Å². The highest BCUT2D eigenvalue weighted by atomic mass is 127. The minimum Gasteiger partial charge on any atom is -0.392 e. The predicted molar refractivity (Wildman–Crippen MR) is 93.8 cm³/mol. The van der Waals surface area contributed by atoms with Gasteiger partial charge in [-0.2, -0.15) is 0 Å². The van der Waals surface area contributed by atoms with Crippen molar-refractivity contribution in [1.82, 2.24) is 0 Å². The van der Waals surface area contributed by atoms with Gasteiger partial charge in [-0.1, -0.05) is 48.6 Å². The van der Waals surface area contributed by atoms with Crippen molar-refractivity contribution in [2.75, 3.05) is 5.32 Å². The Labute approximate surface area is 136 Å². The van der Waals surface area contributed by atoms with E-state index in [-0.39, 0.29) is 10.9 Å². The smallest absolute Gasteiger partial charge is 0.238 e. The fourth-order valence-corrected chi connectivity index (χ4v) is 2.66. The minimum absolute atomic E-state index is 0.166. The summed E-state index contributed by atoms with van der Waals surface area (Å²) >= 11 is 7.23. The summed E-state index contributed by atoms with van der Waals surface area (Å²) in [6.07, 6.45) is 0. The molecule has 0 aliphatic carbocycles. The Morgan fingerprint density at radius 3 is 2.45 bits per heavy atom. The van der Waals surface area contributed by atoms with Crippen LogP contribution in [0.25, 0.3) is 0 Å². The quantitative estimate of drug-likeness (QED) is 0.616. The van der Waals surface area contributed by atoms with Gasteiger partial charge in [0.1, 0.15) is 5.92 Å². The zero-order chi connectivity index (χ0) is 14.5. The molecule has 0 aliphatic rings. The molecule has 1 atom stereocenters. The second-order valence-electron chi connectivity index (χ2n) is 4.25. The number of carbonyl (C=O) groups excluding carboxylic acids is 1. The monoisotopic (exact) mass is 396 g/mol. The first-order valence-electron chi connectivity index (χ1n) is 5.98. The van der Waals surface area contributed by atoms with Gasteiger partial charge in [0.25, 0.3) is 0 Å². The molecule has 0 aromatic heterocycles. The minimum atomic E-state index is -0.621. The first-order chi connectivity index (χ1) is 9.58. The molecule has 0 spiro atoms. The molecule has 3 N–H and O–H groups in total. The lowest BCUT2D eigenvalue weighted by atomic mass is 9.98. The Morgan fingerprint density at radius 1 is 1.15 bits per heavy atom. The third-order valence-corrected chi connectivity index (χ3v) is 3.68. The summed E-state index contributed by atoms with van der Waals surface area (Å²) in [5, 5.41) is 2.85. The van der Waals surface area contributed by atoms with Crippen molar-refractivity contribution in [3.05, 3.63) is 63.7 Å². The van der Waals surface area contributed by atoms with Crippen molar-refractivity contribution in [2.45, 2.75) is 5.92 Å². The molecule has 0 saturated carbocycles. The molecule has 0 saturated heterocycles. The molecule has 0 radical (unpaired) electrons. The van der Waals surface area contributed by atoms with Crippen LogP contribution in [0.2, 0.25) is 0 Å². The lowest BCUT2D eigenvalue weighted by molar-refractivity contribution is -0.116. The summed E-state index contributed by atoms with van der Waals surface area (Å²) in [6, 6.07) is 16.9. The molecule has 2 aromatic rings. The fraction of sp³-hybridized carbons (Fsp3) is 0.0667. The van der Waals surface area contributed by atoms with Gasteiger partial charge in [-0.15, -0.1) is 0 Å². The van der Waals surface area contributed by atoms with Gasteiger partial charge in [0.15, 0.2) is 0 Å². The van der Waals surface area contributed by atoms with E-state index in [1.54, 1.807) is 0 Å². The van der Waals surface area contributed by atoms with Gasteiger partial charge in [0, 0.05) is 9.26 Å². The third-order valence-electron chi connectivity index (χ3n) is 2.77. The molecule has 0 aliphatic heterocycles. The van der Waals surface area contributed by atoms with E-state index in [1.807, 2.05) is 54.6 Å². The van der Waals surface area contributed by atoms with E-state index < -0.39 is 5.92 Å². The highest BCUT2D eigenvalue weighted by Gasteiger charge is 2.23. The maximum atomic E-state index is 12.4. The first-order valence-corrected chi connectivity index (χ1v) is 7.47. The average molecular weight is 396 g/mol. The lowest BCUT2D eigenvalue weighted by Gasteiger charge is -2.16. The molecule has 1 unspecified atom stereocenters. The zero-order valence-corrected chi connectivity index (χ0v) is 13.5. The maximum absolute atomic E-state index is 12.4. The fourth-order valence-electron chi connectivity index (χ4n) is 1.87. The van der Waals surface area contributed by atoms with Crippen LogP contribution in [0.4, 0.5) is 5.69 Å². The van der Waals surface area contributed by atoms with Crippen LogP contribution in [-0.4, -0.2) is 10.9 Å². The van der Waals surface area contributed by atoms with Crippen LogP contribution in [0.5, 0.6) is 0 Å². The van der Waals surface area contributed by atoms with Crippen molar-refractivity contribution >= 4 is 51.4 Å². The molecule has 1 amide bonds. The number of rotatable bonds is 4. The van der Waals surface area contributed by atoms with Gasteiger partial charge >= 0.3 is 0 Å². The molecule has 2 rings (SSSR count). The van der Waals surface area contributed by atoms with Crippen LogP contribution in [0.15, 0.2) is 54.6 Å². The topological polar surface area (TPSA) is 55.1 Å². The van der Waals surface area contributed by atoms with Crippen molar-refractivity contribution in [3.8, 4) is 0 Å². The molecule has 0 heterocycles. The van der Waals surface area contributed by atoms with Crippen LogP contribution in [0.3, 0.4) is 0 Å². The van der Waals surface area contributed by atoms with Crippen LogP contribution >= 0.6 is 34.8 Å². The number of thiocarbonyl (C=S) groups is 1. The van der Waals surface area contributed by atoms with E-state index in [9.17, 15) is 4.79 Å². The number of halogens is 1. The highest BCUT2D eigenvalue weighted by Crippen LogP contribution is 2.20. The standard InChI is InChI=1S/C15H13IN2OS/c16-11-7-4-8-12(9-11)18-15(19)13(14(17)20)10-5-2-1-3-6-10/h1-9,13H,(H2,17,20)(H,18,19). The number of hydrogen-bond acceptors (Lipinski definition) is 2. The Hall–Kier alpha value is -1.47. The molecular formula is C15H13IN2OS. The molecule has 20 heavy (non-hydrogen) atoms. The van der Waals surface area contributed by atoms with E-state index in [0.29, 0.717) is 0 Å². The van der Waals surface area contributed by atoms with E-state index in [2.05, 4.69) is 27.9 Å². The van der Waals surface area contributed by atoms with Gasteiger partial charge in [-0.25, -0.2) is 0 Å². The number of benzene rings is 2. The second kappa shape index (κ2) is 6.81. The van der Waals surface area contributed by atoms with Gasteiger partial charge in [0.2, 0.25) is 5.91 Å². The number of hydrogen-bond donors (Lipinski definition) is 2. The average Bonchev–Trinajstić information content (AvgIpc) is 2.39. The second-order valence-corrected chi connectivity index (χ2v) is 5.96. The highest BCUT2D eigenvalue weighted by molar-refractivity contribution is 14.1. The summed E-state index contributed by atoms with van der Waals surface area (Å²) in [5.41, 5.74) is 7.25. The van der Waals surface area contributed by atoms with Crippen LogP contribution in [0.1, 0.15) is 11.5 Å². The van der Waals surface area contributed by atoms with Crippen LogP contribution < -0.4 is 11.1 Å². The Bertz CT molecular complexity index is 631. The van der Waals surface area contributed by atoms with Gasteiger partial charge in [-0.05, 0) is 46.4 Å². The van der Waals surface area contributed by atoms with Crippen LogP contribution in [0, 0.1) is 3.57 Å². The Kier molecular flexibility index (Phi) is 5.08. The van der Waals surface area contributed by atoms with Gasteiger partial charge in [0.05, 0.1) is 4.99 Å². The summed E-state index contributed by atoms with van der Waals surface area (Å²) < 4.78 is 1.05. The van der Waals surface area contributed by atoms with Gasteiger partial charge < -0.3 is 11.1 Å². The molecule has 2 aromatic carbocycles. The summed E-state index contributed by atoms with van der Waals surface area (Å²) in [7, 11) is 0. The van der Waals surface area contributed by atoms with Crippen LogP contribution in [-0.2, 0) is 4.79 Å². The number of amides is 1. The molecule has 0 bridgehead atoms. The Morgan fingerprint density at radius 2 is 1.85 bits per heavy atom. The zero-order valence-electron chi connectivity index (χ0n) is 10.5. The van der Waals surface area contributed by atoms with E-state index in [4.69, 9.17) is 18.0 Å². The van der Waals surface area contributed by atoms with Gasteiger partial charge in [-0.3, -0.25) is 4.79 Å². The molecule has 3 nitrogen and oxygen atoms in total. The third kappa shape index (κ3) is 3.77. The number of nitrogens with one attached hydrogen (secondary N) is 1. The molecule has 5 heteroatoms.